The maximum absolute atomic E-state index is 13.3. The second-order valence-corrected chi connectivity index (χ2v) is 7.32. The Morgan fingerprint density at radius 2 is 1.97 bits per heavy atom. The zero-order valence-electron chi connectivity index (χ0n) is 16.3. The van der Waals surface area contributed by atoms with Gasteiger partial charge in [0.1, 0.15) is 13.2 Å². The minimum atomic E-state index is -4.68. The normalized spacial score (nSPS) is 18.8. The zero-order valence-corrected chi connectivity index (χ0v) is 16.3. The van der Waals surface area contributed by atoms with E-state index in [0.717, 1.165) is 12.1 Å². The Morgan fingerprint density at radius 3 is 2.53 bits per heavy atom. The van der Waals surface area contributed by atoms with Crippen molar-refractivity contribution in [3.63, 3.8) is 0 Å². The Bertz CT molecular complexity index is 823. The van der Waals surface area contributed by atoms with Crippen LogP contribution in [-0.2, 0) is 25.2 Å². The molecule has 0 aromatic heterocycles. The number of carbonyl (C=O) groups excluding carboxylic acids is 3. The maximum Gasteiger partial charge on any atom is 0.416 e. The molecule has 2 N–H and O–H groups in total. The smallest absolute Gasteiger partial charge is 0.375 e. The predicted octanol–water partition coefficient (Wildman–Crippen LogP) is 1.41. The number of alkyl halides is 3. The summed E-state index contributed by atoms with van der Waals surface area (Å²) >= 11 is 0. The Hall–Kier alpha value is -2.66. The summed E-state index contributed by atoms with van der Waals surface area (Å²) in [5.41, 5.74) is -1.90. The predicted molar refractivity (Wildman–Crippen MR) is 98.8 cm³/mol. The third kappa shape index (κ3) is 5.08. The number of amides is 3. The van der Waals surface area contributed by atoms with E-state index in [9.17, 15) is 27.6 Å². The number of anilines is 1. The number of likely N-dealkylation sites (tertiary alicyclic amines) is 1. The van der Waals surface area contributed by atoms with Gasteiger partial charge in [-0.2, -0.15) is 13.2 Å². The van der Waals surface area contributed by atoms with E-state index in [-0.39, 0.29) is 43.5 Å². The van der Waals surface area contributed by atoms with E-state index < -0.39 is 29.2 Å². The highest BCUT2D eigenvalue weighted by Crippen LogP contribution is 2.33. The van der Waals surface area contributed by atoms with Crippen molar-refractivity contribution in [3.8, 4) is 0 Å². The minimum absolute atomic E-state index is 0.0495. The summed E-state index contributed by atoms with van der Waals surface area (Å²) < 4.78 is 50.2. The van der Waals surface area contributed by atoms with Gasteiger partial charge in [-0.25, -0.2) is 0 Å². The molecular weight excluding hydrogens is 407 g/mol. The number of methoxy groups -OCH3 is 1. The molecule has 30 heavy (non-hydrogen) atoms. The Kier molecular flexibility index (Phi) is 6.32. The molecule has 1 aromatic rings. The Balaban J connectivity index is 1.76. The van der Waals surface area contributed by atoms with Crippen LogP contribution in [0.1, 0.15) is 28.8 Å². The van der Waals surface area contributed by atoms with Crippen LogP contribution >= 0.6 is 0 Å². The van der Waals surface area contributed by atoms with Crippen LogP contribution in [0, 0.1) is 0 Å². The number of morpholine rings is 1. The van der Waals surface area contributed by atoms with E-state index in [0.29, 0.717) is 19.4 Å². The van der Waals surface area contributed by atoms with E-state index in [1.165, 1.54) is 18.1 Å². The maximum atomic E-state index is 13.3. The molecule has 1 spiro atoms. The molecule has 8 nitrogen and oxygen atoms in total. The lowest BCUT2D eigenvalue weighted by Crippen LogP contribution is -2.58. The average molecular weight is 429 g/mol. The van der Waals surface area contributed by atoms with Crippen molar-refractivity contribution >= 4 is 23.4 Å². The molecule has 0 atom stereocenters. The van der Waals surface area contributed by atoms with E-state index in [1.54, 1.807) is 0 Å². The first-order valence-corrected chi connectivity index (χ1v) is 9.33. The number of carbonyl (C=O) groups is 3. The minimum Gasteiger partial charge on any atom is -0.375 e. The number of hydrogen-bond acceptors (Lipinski definition) is 5. The Labute approximate surface area is 170 Å². The highest BCUT2D eigenvalue weighted by atomic mass is 19.4. The molecular formula is C19H22F3N3O5. The van der Waals surface area contributed by atoms with Gasteiger partial charge in [0, 0.05) is 38.0 Å². The molecule has 0 bridgehead atoms. The van der Waals surface area contributed by atoms with E-state index in [1.807, 2.05) is 0 Å². The van der Waals surface area contributed by atoms with E-state index in [2.05, 4.69) is 15.4 Å². The van der Waals surface area contributed by atoms with Gasteiger partial charge in [-0.15, -0.1) is 0 Å². The Morgan fingerprint density at radius 1 is 1.27 bits per heavy atom. The van der Waals surface area contributed by atoms with Crippen LogP contribution in [0.25, 0.3) is 0 Å². The molecule has 0 unspecified atom stereocenters. The fourth-order valence-corrected chi connectivity index (χ4v) is 3.52. The second kappa shape index (κ2) is 8.60. The van der Waals surface area contributed by atoms with Crippen molar-refractivity contribution in [1.82, 2.24) is 10.2 Å². The van der Waals surface area contributed by atoms with Crippen molar-refractivity contribution in [3.05, 3.63) is 29.3 Å². The first kappa shape index (κ1) is 22.0. The first-order valence-electron chi connectivity index (χ1n) is 9.33. The van der Waals surface area contributed by atoms with Crippen LogP contribution in [0.4, 0.5) is 18.9 Å². The fraction of sp³-hybridized carbons (Fsp3) is 0.526. The molecule has 2 heterocycles. The lowest BCUT2D eigenvalue weighted by molar-refractivity contribution is -0.149. The SMILES string of the molecule is COCC(=O)Nc1cc(C(=O)N2CCC3(CC2)CNC(=O)CO3)cc(C(F)(F)F)c1. The molecule has 0 aliphatic carbocycles. The fourth-order valence-electron chi connectivity index (χ4n) is 3.52. The lowest BCUT2D eigenvalue weighted by Gasteiger charge is -2.43. The molecule has 2 fully saturated rings. The number of halogens is 3. The van der Waals surface area contributed by atoms with Crippen molar-refractivity contribution < 1.29 is 37.0 Å². The van der Waals surface area contributed by atoms with Crippen molar-refractivity contribution in [2.75, 3.05) is 45.3 Å². The highest BCUT2D eigenvalue weighted by Gasteiger charge is 2.40. The molecule has 164 valence electrons. The van der Waals surface area contributed by atoms with Crippen LogP contribution < -0.4 is 10.6 Å². The van der Waals surface area contributed by atoms with Crippen molar-refractivity contribution in [2.24, 2.45) is 0 Å². The van der Waals surface area contributed by atoms with E-state index in [4.69, 9.17) is 4.74 Å². The van der Waals surface area contributed by atoms with Crippen LogP contribution in [0.15, 0.2) is 18.2 Å². The average Bonchev–Trinajstić information content (AvgIpc) is 2.70. The quantitative estimate of drug-likeness (QED) is 0.755. The standard InChI is InChI=1S/C19H22F3N3O5/c1-29-9-16(27)24-14-7-12(6-13(8-14)19(20,21)22)17(28)25-4-2-18(3-5-25)11-23-15(26)10-30-18/h6-8H,2-5,9-11H2,1H3,(H,23,26)(H,24,27). The van der Waals surface area contributed by atoms with Crippen LogP contribution in [0.3, 0.4) is 0 Å². The zero-order chi connectivity index (χ0) is 21.9. The third-order valence-electron chi connectivity index (χ3n) is 5.15. The molecule has 2 saturated heterocycles. The van der Waals surface area contributed by atoms with Gasteiger partial charge in [0.25, 0.3) is 5.91 Å². The summed E-state index contributed by atoms with van der Waals surface area (Å²) in [6.45, 7) is 0.510. The number of benzene rings is 1. The number of nitrogens with zero attached hydrogens (tertiary/aromatic N) is 1. The lowest BCUT2D eigenvalue weighted by atomic mass is 9.89. The summed E-state index contributed by atoms with van der Waals surface area (Å²) in [5, 5.41) is 5.04. The van der Waals surface area contributed by atoms with Crippen LogP contribution in [0.5, 0.6) is 0 Å². The molecule has 1 aromatic carbocycles. The van der Waals surface area contributed by atoms with Crippen LogP contribution in [-0.4, -0.2) is 68.2 Å². The molecule has 3 amide bonds. The topological polar surface area (TPSA) is 97.0 Å². The second-order valence-electron chi connectivity index (χ2n) is 7.32. The van der Waals surface area contributed by atoms with Gasteiger partial charge < -0.3 is 25.0 Å². The number of nitrogens with one attached hydrogen (secondary N) is 2. The summed E-state index contributed by atoms with van der Waals surface area (Å²) in [6.07, 6.45) is -3.78. The number of rotatable bonds is 4. The number of piperidine rings is 1. The van der Waals surface area contributed by atoms with Gasteiger partial charge >= 0.3 is 6.18 Å². The van der Waals surface area contributed by atoms with E-state index >= 15 is 0 Å². The summed E-state index contributed by atoms with van der Waals surface area (Å²) in [7, 11) is 1.28. The number of hydrogen-bond donors (Lipinski definition) is 2. The highest BCUT2D eigenvalue weighted by molar-refractivity contribution is 5.98. The molecule has 0 radical (unpaired) electrons. The van der Waals surface area contributed by atoms with Crippen molar-refractivity contribution in [1.29, 1.82) is 0 Å². The van der Waals surface area contributed by atoms with Gasteiger partial charge in [0.15, 0.2) is 0 Å². The summed E-state index contributed by atoms with van der Waals surface area (Å²) in [4.78, 5) is 37.3. The van der Waals surface area contributed by atoms with Crippen molar-refractivity contribution in [2.45, 2.75) is 24.6 Å². The first-order chi connectivity index (χ1) is 14.1. The monoisotopic (exact) mass is 429 g/mol. The molecule has 11 heteroatoms. The molecule has 2 aliphatic rings. The largest absolute Gasteiger partial charge is 0.416 e. The molecule has 2 aliphatic heterocycles. The molecule has 3 rings (SSSR count). The summed E-state index contributed by atoms with van der Waals surface area (Å²) in [5.74, 6) is -1.41. The summed E-state index contributed by atoms with van der Waals surface area (Å²) in [6, 6.07) is 2.76. The number of ether oxygens (including phenoxy) is 2. The third-order valence-corrected chi connectivity index (χ3v) is 5.15. The van der Waals surface area contributed by atoms with Gasteiger partial charge in [0.05, 0.1) is 11.2 Å². The van der Waals surface area contributed by atoms with Gasteiger partial charge in [-0.05, 0) is 31.0 Å². The van der Waals surface area contributed by atoms with Gasteiger partial charge in [-0.1, -0.05) is 0 Å². The van der Waals surface area contributed by atoms with Gasteiger partial charge in [-0.3, -0.25) is 14.4 Å². The van der Waals surface area contributed by atoms with Gasteiger partial charge in [0.2, 0.25) is 11.8 Å². The molecule has 0 saturated carbocycles. The van der Waals surface area contributed by atoms with Crippen LogP contribution in [0.2, 0.25) is 0 Å².